The zero-order valence-electron chi connectivity index (χ0n) is 11.4. The van der Waals surface area contributed by atoms with Crippen LogP contribution in [0.3, 0.4) is 0 Å². The fourth-order valence-corrected chi connectivity index (χ4v) is 2.31. The van der Waals surface area contributed by atoms with E-state index in [1.54, 1.807) is 6.07 Å². The van der Waals surface area contributed by atoms with Gasteiger partial charge in [0.1, 0.15) is 18.2 Å². The number of nitrogens with one attached hydrogen (secondary N) is 1. The van der Waals surface area contributed by atoms with Gasteiger partial charge in [0.15, 0.2) is 0 Å². The lowest BCUT2D eigenvalue weighted by Crippen LogP contribution is -2.13. The summed E-state index contributed by atoms with van der Waals surface area (Å²) in [5.74, 6) is 1.26. The summed E-state index contributed by atoms with van der Waals surface area (Å²) in [5.41, 5.74) is 1.62. The van der Waals surface area contributed by atoms with Gasteiger partial charge in [0.05, 0.1) is 10.9 Å². The van der Waals surface area contributed by atoms with Crippen LogP contribution >= 0.6 is 15.9 Å². The molecule has 0 bridgehead atoms. The van der Waals surface area contributed by atoms with Crippen LogP contribution in [0.5, 0.6) is 5.75 Å². The summed E-state index contributed by atoms with van der Waals surface area (Å²) in [4.78, 5) is 19.1. The van der Waals surface area contributed by atoms with Gasteiger partial charge >= 0.3 is 0 Å². The molecule has 0 aliphatic rings. The Morgan fingerprint density at radius 1 is 1.24 bits per heavy atom. The number of aryl methyl sites for hydroxylation is 1. The molecule has 0 saturated carbocycles. The van der Waals surface area contributed by atoms with Crippen molar-refractivity contribution < 1.29 is 4.74 Å². The number of hydrogen-bond donors (Lipinski definition) is 1. The minimum absolute atomic E-state index is 0.147. The summed E-state index contributed by atoms with van der Waals surface area (Å²) < 4.78 is 6.71. The predicted octanol–water partition coefficient (Wildman–Crippen LogP) is 3.57. The van der Waals surface area contributed by atoms with Gasteiger partial charge in [-0.05, 0) is 42.8 Å². The summed E-state index contributed by atoms with van der Waals surface area (Å²) >= 11 is 3.45. The van der Waals surface area contributed by atoms with E-state index in [-0.39, 0.29) is 12.2 Å². The van der Waals surface area contributed by atoms with Crippen molar-refractivity contribution >= 4 is 26.8 Å². The third-order valence-corrected chi connectivity index (χ3v) is 4.06. The number of halogens is 1. The van der Waals surface area contributed by atoms with Gasteiger partial charge in [-0.3, -0.25) is 4.79 Å². The van der Waals surface area contributed by atoms with E-state index < -0.39 is 0 Å². The number of benzene rings is 2. The topological polar surface area (TPSA) is 55.0 Å². The van der Waals surface area contributed by atoms with Crippen molar-refractivity contribution in [3.8, 4) is 5.75 Å². The lowest BCUT2D eigenvalue weighted by atomic mass is 10.2. The van der Waals surface area contributed by atoms with E-state index in [0.29, 0.717) is 16.7 Å². The Labute approximate surface area is 129 Å². The van der Waals surface area contributed by atoms with Gasteiger partial charge in [-0.1, -0.05) is 28.1 Å². The summed E-state index contributed by atoms with van der Waals surface area (Å²) in [6.07, 6.45) is 0. The molecule has 0 aliphatic heterocycles. The van der Waals surface area contributed by atoms with Crippen molar-refractivity contribution in [1.29, 1.82) is 0 Å². The number of nitrogens with zero attached hydrogens (tertiary/aromatic N) is 1. The normalized spacial score (nSPS) is 10.8. The first-order valence-corrected chi connectivity index (χ1v) is 7.30. The summed E-state index contributed by atoms with van der Waals surface area (Å²) in [7, 11) is 0. The molecule has 0 aliphatic carbocycles. The smallest absolute Gasteiger partial charge is 0.258 e. The number of para-hydroxylation sites is 1. The molecular weight excluding hydrogens is 332 g/mol. The maximum absolute atomic E-state index is 12.0. The summed E-state index contributed by atoms with van der Waals surface area (Å²) in [6, 6.07) is 13.0. The van der Waals surface area contributed by atoms with Gasteiger partial charge in [-0.2, -0.15) is 0 Å². The van der Waals surface area contributed by atoms with Gasteiger partial charge in [-0.25, -0.2) is 4.98 Å². The molecule has 4 nitrogen and oxygen atoms in total. The van der Waals surface area contributed by atoms with Gasteiger partial charge in [-0.15, -0.1) is 0 Å². The number of hydrogen-bond acceptors (Lipinski definition) is 3. The Morgan fingerprint density at radius 3 is 2.86 bits per heavy atom. The zero-order chi connectivity index (χ0) is 14.8. The standard InChI is InChI=1S/C16H13BrN2O2/c1-10-8-11(6-7-13(10)17)21-9-15-18-14-5-3-2-4-12(14)16(20)19-15/h2-8H,9H2,1H3,(H,18,19,20). The molecular formula is C16H13BrN2O2. The van der Waals surface area contributed by atoms with Crippen LogP contribution in [0.2, 0.25) is 0 Å². The van der Waals surface area contributed by atoms with Gasteiger partial charge in [0.25, 0.3) is 5.56 Å². The molecule has 5 heteroatoms. The highest BCUT2D eigenvalue weighted by Crippen LogP contribution is 2.22. The second kappa shape index (κ2) is 5.69. The van der Waals surface area contributed by atoms with Crippen molar-refractivity contribution in [2.45, 2.75) is 13.5 Å². The van der Waals surface area contributed by atoms with E-state index in [4.69, 9.17) is 4.74 Å². The molecule has 0 saturated heterocycles. The average molecular weight is 345 g/mol. The maximum Gasteiger partial charge on any atom is 0.258 e. The zero-order valence-corrected chi connectivity index (χ0v) is 13.0. The van der Waals surface area contributed by atoms with E-state index in [1.165, 1.54) is 0 Å². The molecule has 0 spiro atoms. The second-order valence-corrected chi connectivity index (χ2v) is 5.58. The number of ether oxygens (including phenoxy) is 1. The number of aromatic amines is 1. The molecule has 1 N–H and O–H groups in total. The van der Waals surface area contributed by atoms with Crippen LogP contribution in [-0.4, -0.2) is 9.97 Å². The van der Waals surface area contributed by atoms with Gasteiger partial charge in [0.2, 0.25) is 0 Å². The number of H-pyrrole nitrogens is 1. The van der Waals surface area contributed by atoms with Crippen molar-refractivity contribution in [2.75, 3.05) is 0 Å². The van der Waals surface area contributed by atoms with Crippen LogP contribution in [-0.2, 0) is 6.61 Å². The van der Waals surface area contributed by atoms with Gasteiger partial charge in [0, 0.05) is 4.47 Å². The van der Waals surface area contributed by atoms with Gasteiger partial charge < -0.3 is 9.72 Å². The Balaban J connectivity index is 1.85. The van der Waals surface area contributed by atoms with Crippen molar-refractivity contribution in [3.63, 3.8) is 0 Å². The fourth-order valence-electron chi connectivity index (χ4n) is 2.06. The van der Waals surface area contributed by atoms with Crippen LogP contribution in [0.15, 0.2) is 51.7 Å². The molecule has 106 valence electrons. The molecule has 0 atom stereocenters. The second-order valence-electron chi connectivity index (χ2n) is 4.73. The van der Waals surface area contributed by atoms with E-state index in [1.807, 2.05) is 43.3 Å². The molecule has 3 rings (SSSR count). The van der Waals surface area contributed by atoms with Crippen molar-refractivity contribution in [2.24, 2.45) is 0 Å². The molecule has 1 heterocycles. The molecule has 0 unspecified atom stereocenters. The first-order chi connectivity index (χ1) is 10.1. The largest absolute Gasteiger partial charge is 0.486 e. The Hall–Kier alpha value is -2.14. The van der Waals surface area contributed by atoms with E-state index in [2.05, 4.69) is 25.9 Å². The summed E-state index contributed by atoms with van der Waals surface area (Å²) in [5, 5.41) is 0.584. The number of rotatable bonds is 3. The number of aromatic nitrogens is 2. The highest BCUT2D eigenvalue weighted by atomic mass is 79.9. The van der Waals surface area contributed by atoms with Crippen LogP contribution in [0.25, 0.3) is 10.9 Å². The van der Waals surface area contributed by atoms with Crippen molar-refractivity contribution in [1.82, 2.24) is 9.97 Å². The average Bonchev–Trinajstić information content (AvgIpc) is 2.49. The first kappa shape index (κ1) is 13.8. The minimum atomic E-state index is -0.147. The maximum atomic E-state index is 12.0. The third kappa shape index (κ3) is 2.97. The lowest BCUT2D eigenvalue weighted by molar-refractivity contribution is 0.296. The molecule has 1 aromatic heterocycles. The van der Waals surface area contributed by atoms with Crippen LogP contribution < -0.4 is 10.3 Å². The Kier molecular flexibility index (Phi) is 3.75. The van der Waals surface area contributed by atoms with E-state index >= 15 is 0 Å². The van der Waals surface area contributed by atoms with Crippen LogP contribution in [0.1, 0.15) is 11.4 Å². The molecule has 0 radical (unpaired) electrons. The molecule has 21 heavy (non-hydrogen) atoms. The SMILES string of the molecule is Cc1cc(OCc2nc3ccccc3c(=O)[nH]2)ccc1Br. The molecule has 3 aromatic rings. The monoisotopic (exact) mass is 344 g/mol. The van der Waals surface area contributed by atoms with E-state index in [9.17, 15) is 4.79 Å². The minimum Gasteiger partial charge on any atom is -0.486 e. The molecule has 0 amide bonds. The molecule has 2 aromatic carbocycles. The third-order valence-electron chi connectivity index (χ3n) is 3.17. The summed E-state index contributed by atoms with van der Waals surface area (Å²) in [6.45, 7) is 2.22. The van der Waals surface area contributed by atoms with Crippen LogP contribution in [0, 0.1) is 6.92 Å². The Bertz CT molecular complexity index is 858. The number of fused-ring (bicyclic) bond motifs is 1. The Morgan fingerprint density at radius 2 is 2.05 bits per heavy atom. The highest BCUT2D eigenvalue weighted by molar-refractivity contribution is 9.10. The van der Waals surface area contributed by atoms with E-state index in [0.717, 1.165) is 15.8 Å². The quantitative estimate of drug-likeness (QED) is 0.790. The predicted molar refractivity (Wildman–Crippen MR) is 85.6 cm³/mol. The lowest BCUT2D eigenvalue weighted by Gasteiger charge is -2.08. The first-order valence-electron chi connectivity index (χ1n) is 6.50. The fraction of sp³-hybridized carbons (Fsp3) is 0.125. The van der Waals surface area contributed by atoms with Crippen molar-refractivity contribution in [3.05, 3.63) is 68.7 Å². The van der Waals surface area contributed by atoms with Crippen LogP contribution in [0.4, 0.5) is 0 Å². The molecule has 0 fully saturated rings. The highest BCUT2D eigenvalue weighted by Gasteiger charge is 2.04.